The summed E-state index contributed by atoms with van der Waals surface area (Å²) < 4.78 is 16.9. The van der Waals surface area contributed by atoms with Gasteiger partial charge in [0.2, 0.25) is 0 Å². The van der Waals surface area contributed by atoms with Gasteiger partial charge in [-0.2, -0.15) is 0 Å². The van der Waals surface area contributed by atoms with Crippen LogP contribution in [0.2, 0.25) is 0 Å². The number of hydrogen-bond acceptors (Lipinski definition) is 6. The van der Waals surface area contributed by atoms with Crippen LogP contribution in [0.15, 0.2) is 334 Å². The number of hydrogen-bond donors (Lipinski definition) is 0. The van der Waals surface area contributed by atoms with E-state index in [1.54, 1.807) is 0 Å². The fraction of sp³-hybridized carbons (Fsp3) is 0. The maximum atomic E-state index is 8.12. The molecular formula is C90H55B2N5OTe3. The molecule has 3 aromatic heterocycles. The molecule has 470 valence electrons. The molecule has 0 bridgehead atoms. The second-order valence-corrected chi connectivity index (χ2v) is 35.9. The SMILES string of the molecule is c1ccc(N(c2ccccc2)c2cc3c4c(c2)N(c2cccc5[te]c6ccccc6c25)c2cc5c(cc2B4c2ccccc2N3c2ccccc2)B2c3ccccc3N(c3cccc4[te]c6ccccc6c34)c3cc(N(c4ccccc4)c4cccc6[te]c7ccccc7c46)cc(c32)O5)cc1. The Morgan fingerprint density at radius 2 is 0.653 bits per heavy atom. The normalized spacial score (nSPS) is 13.1. The van der Waals surface area contributed by atoms with Crippen molar-refractivity contribution in [3.05, 3.63) is 334 Å². The van der Waals surface area contributed by atoms with Crippen molar-refractivity contribution in [2.24, 2.45) is 0 Å². The fourth-order valence-electron chi connectivity index (χ4n) is 17.2. The zero-order valence-electron chi connectivity index (χ0n) is 54.3. The number of para-hydroxylation sites is 6. The van der Waals surface area contributed by atoms with Gasteiger partial charge in [0, 0.05) is 0 Å². The van der Waals surface area contributed by atoms with E-state index in [0.717, 1.165) is 79.5 Å². The molecule has 22 rings (SSSR count). The fourth-order valence-corrected chi connectivity index (χ4v) is 26.8. The molecule has 0 saturated heterocycles. The van der Waals surface area contributed by atoms with Gasteiger partial charge in [0.25, 0.3) is 0 Å². The zero-order chi connectivity index (χ0) is 66.0. The standard InChI is InChI=1S/C90H55B2N5OTe3/c1-5-26-56(27-6-1)93(57-28-7-2-8-29-57)60-50-75-89-76(51-60)97(73-43-25-49-85-88(73)64-36-15-22-46-82(64)101-85)74-55-78-68(54-67(74)91(89)65-37-16-18-39-69(65)95(75)59-32-11-4-12-33-59)92-66-38-17-19-40-70(66)96(72-42-24-48-84-87(72)63-35-14-21-45-81(63)100-84)77-52-61(53-79(98-78)90(77)92)94(58-30-9-3-10-31-58)71-41-23-47-83-86(71)62-34-13-20-44-80(62)99-83/h1-55H. The Morgan fingerprint density at radius 1 is 0.248 bits per heavy atom. The van der Waals surface area contributed by atoms with Crippen molar-refractivity contribution in [2.75, 3.05) is 24.5 Å². The summed E-state index contributed by atoms with van der Waals surface area (Å²) in [6, 6.07) is 126. The number of rotatable bonds is 9. The summed E-state index contributed by atoms with van der Waals surface area (Å²) in [6.07, 6.45) is 0. The van der Waals surface area contributed by atoms with Crippen molar-refractivity contribution in [1.29, 1.82) is 0 Å². The second kappa shape index (κ2) is 23.1. The van der Waals surface area contributed by atoms with E-state index in [2.05, 4.69) is 358 Å². The molecule has 0 unspecified atom stereocenters. The summed E-state index contributed by atoms with van der Waals surface area (Å²) in [5, 5.41) is 8.03. The minimum atomic E-state index is -0.708. The molecule has 0 aliphatic carbocycles. The summed E-state index contributed by atoms with van der Waals surface area (Å²) in [6.45, 7) is -0.395. The minimum absolute atomic E-state index is 0.184. The van der Waals surface area contributed by atoms with Crippen LogP contribution in [0.3, 0.4) is 0 Å². The van der Waals surface area contributed by atoms with Crippen LogP contribution in [-0.4, -0.2) is 74.7 Å². The maximum absolute atomic E-state index is 8.12. The van der Waals surface area contributed by atoms with Crippen molar-refractivity contribution < 1.29 is 4.74 Å². The van der Waals surface area contributed by atoms with Gasteiger partial charge in [-0.05, 0) is 0 Å². The predicted molar refractivity (Wildman–Crippen MR) is 432 cm³/mol. The molecule has 101 heavy (non-hydrogen) atoms. The topological polar surface area (TPSA) is 25.4 Å². The first-order chi connectivity index (χ1) is 50.1. The van der Waals surface area contributed by atoms with E-state index in [1.165, 1.54) is 103 Å². The van der Waals surface area contributed by atoms with Crippen LogP contribution in [0, 0.1) is 0 Å². The molecule has 0 radical (unpaired) electrons. The van der Waals surface area contributed by atoms with Crippen molar-refractivity contribution in [3.8, 4) is 11.5 Å². The monoisotopic (exact) mass is 1630 g/mol. The molecule has 0 atom stereocenters. The second-order valence-electron chi connectivity index (χ2n) is 26.6. The molecule has 0 amide bonds. The van der Waals surface area contributed by atoms with E-state index in [4.69, 9.17) is 4.74 Å². The van der Waals surface area contributed by atoms with Gasteiger partial charge in [0.1, 0.15) is 0 Å². The van der Waals surface area contributed by atoms with Crippen LogP contribution in [0.4, 0.5) is 85.3 Å². The van der Waals surface area contributed by atoms with E-state index in [0.29, 0.717) is 0 Å². The zero-order valence-corrected chi connectivity index (χ0v) is 61.3. The molecule has 0 N–H and O–H groups in total. The summed E-state index contributed by atoms with van der Waals surface area (Å²) in [5.74, 6) is 1.71. The predicted octanol–water partition coefficient (Wildman–Crippen LogP) is 19.2. The number of nitrogens with zero attached hydrogens (tertiary/aromatic N) is 5. The third-order valence-electron chi connectivity index (χ3n) is 21.2. The van der Waals surface area contributed by atoms with Crippen LogP contribution in [0.5, 0.6) is 11.5 Å². The molecule has 4 aliphatic heterocycles. The van der Waals surface area contributed by atoms with Gasteiger partial charge in [-0.1, -0.05) is 0 Å². The summed E-state index contributed by atoms with van der Waals surface area (Å²) >= 11 is -1.98. The van der Waals surface area contributed by atoms with Crippen molar-refractivity contribution in [2.45, 2.75) is 0 Å². The van der Waals surface area contributed by atoms with Gasteiger partial charge in [-0.25, -0.2) is 0 Å². The third kappa shape index (κ3) is 8.86. The molecule has 4 aliphatic rings. The Labute approximate surface area is 614 Å². The average molecular weight is 1630 g/mol. The van der Waals surface area contributed by atoms with Crippen LogP contribution in [0.1, 0.15) is 0 Å². The Hall–Kier alpha value is -10.4. The molecule has 11 heteroatoms. The molecule has 18 aromatic rings. The van der Waals surface area contributed by atoms with Crippen molar-refractivity contribution >= 4 is 246 Å². The first-order valence-corrected chi connectivity index (χ1v) is 41.4. The quantitative estimate of drug-likeness (QED) is 0.134. The molecule has 15 aromatic carbocycles. The van der Waals surface area contributed by atoms with E-state index >= 15 is 0 Å². The molecule has 7 heterocycles. The van der Waals surface area contributed by atoms with Gasteiger partial charge in [-0.3, -0.25) is 0 Å². The Morgan fingerprint density at radius 3 is 1.23 bits per heavy atom. The van der Waals surface area contributed by atoms with Gasteiger partial charge < -0.3 is 0 Å². The van der Waals surface area contributed by atoms with Gasteiger partial charge in [0.15, 0.2) is 0 Å². The number of ether oxygens (including phenoxy) is 1. The van der Waals surface area contributed by atoms with Gasteiger partial charge >= 0.3 is 620 Å². The molecular weight excluding hydrogens is 1570 g/mol. The van der Waals surface area contributed by atoms with Gasteiger partial charge in [-0.15, -0.1) is 0 Å². The van der Waals surface area contributed by atoms with Crippen LogP contribution in [0.25, 0.3) is 52.7 Å². The third-order valence-corrected chi connectivity index (χ3v) is 30.9. The van der Waals surface area contributed by atoms with E-state index in [1.807, 2.05) is 0 Å². The Kier molecular flexibility index (Phi) is 13.3. The van der Waals surface area contributed by atoms with Crippen LogP contribution in [-0.2, 0) is 0 Å². The summed E-state index contributed by atoms with van der Waals surface area (Å²) in [5.41, 5.74) is 24.2. The Balaban J connectivity index is 0.852. The number of anilines is 15. The van der Waals surface area contributed by atoms with Crippen molar-refractivity contribution in [3.63, 3.8) is 0 Å². The molecule has 0 spiro atoms. The molecule has 0 saturated carbocycles. The van der Waals surface area contributed by atoms with E-state index < -0.39 is 61.3 Å². The molecule has 6 nitrogen and oxygen atoms in total. The van der Waals surface area contributed by atoms with E-state index in [-0.39, 0.29) is 13.4 Å². The first kappa shape index (κ1) is 58.4. The Bertz CT molecular complexity index is 6420. The number of benzene rings is 15. The first-order valence-electron chi connectivity index (χ1n) is 34.4. The van der Waals surface area contributed by atoms with E-state index in [9.17, 15) is 0 Å². The molecule has 0 fully saturated rings. The number of fused-ring (bicyclic) bond motifs is 17. The average Bonchev–Trinajstić information content (AvgIpc) is 1.39. The van der Waals surface area contributed by atoms with Crippen LogP contribution < -0.4 is 62.0 Å². The van der Waals surface area contributed by atoms with Crippen molar-refractivity contribution in [1.82, 2.24) is 0 Å². The van der Waals surface area contributed by atoms with Crippen LogP contribution >= 0.6 is 0 Å². The van der Waals surface area contributed by atoms with Gasteiger partial charge in [0.05, 0.1) is 0 Å². The summed E-state index contributed by atoms with van der Waals surface area (Å²) in [7, 11) is 0. The summed E-state index contributed by atoms with van der Waals surface area (Å²) in [4.78, 5) is 12.8.